The Bertz CT molecular complexity index is 860. The van der Waals surface area contributed by atoms with Crippen LogP contribution < -0.4 is 0 Å². The van der Waals surface area contributed by atoms with Gasteiger partial charge in [-0.3, -0.25) is 9.28 Å². The van der Waals surface area contributed by atoms with E-state index in [0.29, 0.717) is 13.3 Å². The largest absolute Gasteiger partial charge is 0.415 e. The molecule has 3 rings (SSSR count). The maximum absolute atomic E-state index is 12.7. The molecule has 0 bridgehead atoms. The molecule has 1 saturated heterocycles. The minimum atomic E-state index is -0.433. The zero-order chi connectivity index (χ0) is 23.7. The third-order valence-electron chi connectivity index (χ3n) is 6.79. The standard InChI is InChI=1S/C28H39ClNO3/c1-4-17-28(2,3)27(31)33-22-30(18-9-6-10-19-30)20-21-32-26(23-11-7-5-8-12-23)24-13-15-25(29)16-14-24/h5,7-8,11-16,26H,4,6,9-10,17-22H2,1-3H3/q+1. The van der Waals surface area contributed by atoms with Crippen molar-refractivity contribution in [2.45, 2.75) is 59.0 Å². The summed E-state index contributed by atoms with van der Waals surface area (Å²) in [6.07, 6.45) is 5.23. The summed E-state index contributed by atoms with van der Waals surface area (Å²) in [7, 11) is 0. The summed E-state index contributed by atoms with van der Waals surface area (Å²) < 4.78 is 13.2. The normalized spacial score (nSPS) is 16.8. The number of piperidine rings is 1. The molecule has 0 saturated carbocycles. The summed E-state index contributed by atoms with van der Waals surface area (Å²) in [5.74, 6) is -0.0864. The van der Waals surface area contributed by atoms with Crippen LogP contribution >= 0.6 is 11.6 Å². The van der Waals surface area contributed by atoms with Gasteiger partial charge in [0.25, 0.3) is 0 Å². The monoisotopic (exact) mass is 472 g/mol. The first-order chi connectivity index (χ1) is 15.9. The predicted octanol–water partition coefficient (Wildman–Crippen LogP) is 6.77. The minimum absolute atomic E-state index is 0.0864. The van der Waals surface area contributed by atoms with E-state index in [1.807, 2.05) is 56.3 Å². The van der Waals surface area contributed by atoms with Crippen molar-refractivity contribution in [3.8, 4) is 0 Å². The molecule has 1 unspecified atom stereocenters. The van der Waals surface area contributed by atoms with Gasteiger partial charge in [0.1, 0.15) is 12.6 Å². The number of carbonyl (C=O) groups excluding carboxylic acids is 1. The number of benzene rings is 2. The van der Waals surface area contributed by atoms with Gasteiger partial charge in [-0.1, -0.05) is 67.4 Å². The lowest BCUT2D eigenvalue weighted by Gasteiger charge is -2.41. The van der Waals surface area contributed by atoms with Crippen LogP contribution in [0.3, 0.4) is 0 Å². The molecule has 1 aliphatic rings. The molecule has 1 aliphatic heterocycles. The zero-order valence-corrected chi connectivity index (χ0v) is 21.2. The lowest BCUT2D eigenvalue weighted by molar-refractivity contribution is -0.948. The summed E-state index contributed by atoms with van der Waals surface area (Å²) in [6.45, 7) is 10.00. The van der Waals surface area contributed by atoms with Crippen molar-refractivity contribution in [3.63, 3.8) is 0 Å². The summed E-state index contributed by atoms with van der Waals surface area (Å²) in [6, 6.07) is 18.2. The topological polar surface area (TPSA) is 35.5 Å². The molecule has 0 aromatic heterocycles. The van der Waals surface area contributed by atoms with Crippen LogP contribution in [0.15, 0.2) is 54.6 Å². The van der Waals surface area contributed by atoms with E-state index in [9.17, 15) is 4.79 Å². The molecule has 2 aromatic rings. The van der Waals surface area contributed by atoms with Gasteiger partial charge in [0.15, 0.2) is 0 Å². The van der Waals surface area contributed by atoms with Gasteiger partial charge in [-0.05, 0) is 62.8 Å². The maximum atomic E-state index is 12.7. The average molecular weight is 473 g/mol. The number of ether oxygens (including phenoxy) is 2. The van der Waals surface area contributed by atoms with Crippen LogP contribution in [0.2, 0.25) is 5.02 Å². The second-order valence-corrected chi connectivity index (χ2v) is 10.4. The Hall–Kier alpha value is -1.88. The highest BCUT2D eigenvalue weighted by atomic mass is 35.5. The lowest BCUT2D eigenvalue weighted by atomic mass is 9.88. The third kappa shape index (κ3) is 7.30. The summed E-state index contributed by atoms with van der Waals surface area (Å²) >= 11 is 6.11. The SMILES string of the molecule is CCCC(C)(C)C(=O)OC[N+]1(CCOC(c2ccccc2)c2ccc(Cl)cc2)CCCCC1. The zero-order valence-electron chi connectivity index (χ0n) is 20.4. The predicted molar refractivity (Wildman–Crippen MR) is 134 cm³/mol. The Morgan fingerprint density at radius 3 is 2.27 bits per heavy atom. The molecule has 0 N–H and O–H groups in total. The molecule has 1 fully saturated rings. The van der Waals surface area contributed by atoms with Crippen LogP contribution in [-0.4, -0.2) is 43.4 Å². The smallest absolute Gasteiger partial charge is 0.315 e. The first kappa shape index (κ1) is 25.7. The Morgan fingerprint density at radius 2 is 1.64 bits per heavy atom. The van der Waals surface area contributed by atoms with E-state index in [-0.39, 0.29) is 12.1 Å². The quantitative estimate of drug-likeness (QED) is 0.267. The number of hydrogen-bond acceptors (Lipinski definition) is 3. The summed E-state index contributed by atoms with van der Waals surface area (Å²) in [5.41, 5.74) is 1.78. The highest BCUT2D eigenvalue weighted by Crippen LogP contribution is 2.29. The Balaban J connectivity index is 1.67. The summed E-state index contributed by atoms with van der Waals surface area (Å²) in [5, 5.41) is 0.719. The Kier molecular flexibility index (Phi) is 9.37. The van der Waals surface area contributed by atoms with Gasteiger partial charge in [-0.25, -0.2) is 0 Å². The first-order valence-electron chi connectivity index (χ1n) is 12.3. The molecule has 33 heavy (non-hydrogen) atoms. The number of hydrogen-bond donors (Lipinski definition) is 0. The number of nitrogens with zero attached hydrogens (tertiary/aromatic N) is 1. The second kappa shape index (κ2) is 12.0. The van der Waals surface area contributed by atoms with Crippen molar-refractivity contribution < 1.29 is 18.8 Å². The van der Waals surface area contributed by atoms with Crippen molar-refractivity contribution in [1.82, 2.24) is 0 Å². The van der Waals surface area contributed by atoms with Crippen molar-refractivity contribution in [1.29, 1.82) is 0 Å². The fraction of sp³-hybridized carbons (Fsp3) is 0.536. The van der Waals surface area contributed by atoms with E-state index < -0.39 is 5.41 Å². The van der Waals surface area contributed by atoms with Gasteiger partial charge in [0.2, 0.25) is 6.73 Å². The van der Waals surface area contributed by atoms with Gasteiger partial charge < -0.3 is 9.47 Å². The van der Waals surface area contributed by atoms with Crippen LogP contribution in [0.4, 0.5) is 0 Å². The van der Waals surface area contributed by atoms with Crippen molar-refractivity contribution in [2.75, 3.05) is 33.0 Å². The molecule has 2 aromatic carbocycles. The van der Waals surface area contributed by atoms with Gasteiger partial charge in [-0.15, -0.1) is 0 Å². The molecule has 0 aliphatic carbocycles. The number of halogens is 1. The first-order valence-corrected chi connectivity index (χ1v) is 12.7. The Labute approximate surface area is 204 Å². The number of carbonyl (C=O) groups is 1. The van der Waals surface area contributed by atoms with Crippen molar-refractivity contribution in [3.05, 3.63) is 70.7 Å². The number of esters is 1. The molecule has 5 heteroatoms. The van der Waals surface area contributed by atoms with E-state index in [4.69, 9.17) is 21.1 Å². The second-order valence-electron chi connectivity index (χ2n) is 9.98. The van der Waals surface area contributed by atoms with Crippen LogP contribution in [0.5, 0.6) is 0 Å². The molecule has 1 heterocycles. The van der Waals surface area contributed by atoms with Crippen LogP contribution in [0, 0.1) is 5.41 Å². The fourth-order valence-corrected chi connectivity index (χ4v) is 4.86. The van der Waals surface area contributed by atoms with Crippen LogP contribution in [0.1, 0.15) is 70.1 Å². The van der Waals surface area contributed by atoms with Crippen molar-refractivity contribution in [2.24, 2.45) is 5.41 Å². The lowest BCUT2D eigenvalue weighted by Crippen LogP contribution is -2.55. The van der Waals surface area contributed by atoms with E-state index in [0.717, 1.165) is 66.0 Å². The van der Waals surface area contributed by atoms with Gasteiger partial charge in [-0.2, -0.15) is 0 Å². The number of rotatable bonds is 11. The van der Waals surface area contributed by atoms with Gasteiger partial charge >= 0.3 is 5.97 Å². The van der Waals surface area contributed by atoms with Crippen LogP contribution in [0.25, 0.3) is 0 Å². The molecule has 0 amide bonds. The van der Waals surface area contributed by atoms with Crippen LogP contribution in [-0.2, 0) is 14.3 Å². The van der Waals surface area contributed by atoms with E-state index in [1.165, 1.54) is 6.42 Å². The van der Waals surface area contributed by atoms with Crippen molar-refractivity contribution >= 4 is 17.6 Å². The fourth-order valence-electron chi connectivity index (χ4n) is 4.73. The summed E-state index contributed by atoms with van der Waals surface area (Å²) in [4.78, 5) is 12.7. The van der Waals surface area contributed by atoms with Gasteiger partial charge in [0, 0.05) is 5.02 Å². The molecule has 0 radical (unpaired) electrons. The van der Waals surface area contributed by atoms with E-state index >= 15 is 0 Å². The number of quaternary nitrogens is 1. The Morgan fingerprint density at radius 1 is 1.00 bits per heavy atom. The van der Waals surface area contributed by atoms with Gasteiger partial charge in [0.05, 0.1) is 25.1 Å². The van der Waals surface area contributed by atoms with E-state index in [2.05, 4.69) is 19.1 Å². The highest BCUT2D eigenvalue weighted by Gasteiger charge is 2.35. The average Bonchev–Trinajstić information content (AvgIpc) is 2.82. The minimum Gasteiger partial charge on any atom is -0.415 e. The third-order valence-corrected chi connectivity index (χ3v) is 7.04. The maximum Gasteiger partial charge on any atom is 0.315 e. The number of likely N-dealkylation sites (tertiary alicyclic amines) is 1. The van der Waals surface area contributed by atoms with E-state index in [1.54, 1.807) is 0 Å². The molecular formula is C28H39ClNO3+. The molecular weight excluding hydrogens is 434 g/mol. The molecule has 180 valence electrons. The molecule has 1 atom stereocenters. The molecule has 0 spiro atoms. The highest BCUT2D eigenvalue weighted by molar-refractivity contribution is 6.30. The molecule has 4 nitrogen and oxygen atoms in total.